The number of methoxy groups -OCH3 is 1. The van der Waals surface area contributed by atoms with E-state index in [1.807, 2.05) is 31.2 Å². The zero-order valence-electron chi connectivity index (χ0n) is 11.5. The van der Waals surface area contributed by atoms with Crippen LogP contribution in [-0.2, 0) is 6.54 Å². The summed E-state index contributed by atoms with van der Waals surface area (Å²) in [6.07, 6.45) is 0. The third-order valence-electron chi connectivity index (χ3n) is 3.18. The van der Waals surface area contributed by atoms with Crippen molar-refractivity contribution in [2.45, 2.75) is 13.5 Å². The minimum absolute atomic E-state index is 0.234. The van der Waals surface area contributed by atoms with Gasteiger partial charge in [0.25, 0.3) is 0 Å². The second-order valence-corrected chi connectivity index (χ2v) is 4.50. The van der Waals surface area contributed by atoms with Gasteiger partial charge < -0.3 is 15.2 Å². The second kappa shape index (κ2) is 6.10. The Kier molecular flexibility index (Phi) is 4.25. The minimum atomic E-state index is -0.952. The van der Waals surface area contributed by atoms with E-state index in [1.165, 1.54) is 11.6 Å². The maximum absolute atomic E-state index is 11.0. The number of nitrogens with one attached hydrogen (secondary N) is 1. The van der Waals surface area contributed by atoms with Gasteiger partial charge in [-0.25, -0.2) is 4.79 Å². The van der Waals surface area contributed by atoms with Crippen LogP contribution in [0.3, 0.4) is 0 Å². The molecule has 2 N–H and O–H groups in total. The number of aromatic carboxylic acids is 1. The second-order valence-electron chi connectivity index (χ2n) is 4.50. The van der Waals surface area contributed by atoms with Gasteiger partial charge in [-0.1, -0.05) is 24.3 Å². The molecule has 4 heteroatoms. The first-order valence-electron chi connectivity index (χ1n) is 6.31. The lowest BCUT2D eigenvalue weighted by molar-refractivity contribution is 0.0697. The molecule has 0 saturated carbocycles. The summed E-state index contributed by atoms with van der Waals surface area (Å²) in [4.78, 5) is 11.0. The summed E-state index contributed by atoms with van der Waals surface area (Å²) in [7, 11) is 1.56. The van der Waals surface area contributed by atoms with Gasteiger partial charge >= 0.3 is 5.97 Å². The molecule has 104 valence electrons. The highest BCUT2D eigenvalue weighted by Gasteiger charge is 2.09. The Morgan fingerprint density at radius 2 is 2.00 bits per heavy atom. The summed E-state index contributed by atoms with van der Waals surface area (Å²) >= 11 is 0. The molecule has 0 amide bonds. The summed E-state index contributed by atoms with van der Waals surface area (Å²) in [6, 6.07) is 12.8. The Bertz CT molecular complexity index is 623. The Hall–Kier alpha value is -2.49. The molecule has 0 bridgehead atoms. The van der Waals surface area contributed by atoms with Crippen LogP contribution < -0.4 is 10.1 Å². The molecule has 0 fully saturated rings. The lowest BCUT2D eigenvalue weighted by Gasteiger charge is -2.13. The maximum atomic E-state index is 11.0. The van der Waals surface area contributed by atoms with E-state index in [4.69, 9.17) is 9.84 Å². The molecular weight excluding hydrogens is 254 g/mol. The number of anilines is 1. The molecule has 0 spiro atoms. The quantitative estimate of drug-likeness (QED) is 0.876. The molecule has 0 aromatic heterocycles. The van der Waals surface area contributed by atoms with Crippen molar-refractivity contribution in [2.75, 3.05) is 12.4 Å². The van der Waals surface area contributed by atoms with Crippen LogP contribution in [0.4, 0.5) is 5.69 Å². The summed E-state index contributed by atoms with van der Waals surface area (Å²) in [5, 5.41) is 12.3. The largest absolute Gasteiger partial charge is 0.495 e. The molecule has 2 aromatic carbocycles. The Balaban J connectivity index is 2.22. The van der Waals surface area contributed by atoms with Crippen molar-refractivity contribution in [2.24, 2.45) is 0 Å². The van der Waals surface area contributed by atoms with Crippen LogP contribution in [0.1, 0.15) is 21.5 Å². The fourth-order valence-electron chi connectivity index (χ4n) is 1.98. The molecule has 2 aromatic rings. The standard InChI is InChI=1S/C16H17NO3/c1-11-5-3-4-6-13(11)10-17-14-9-12(16(18)19)7-8-15(14)20-2/h3-9,17H,10H2,1-2H3,(H,18,19). The van der Waals surface area contributed by atoms with Gasteiger partial charge in [-0.05, 0) is 36.2 Å². The third-order valence-corrected chi connectivity index (χ3v) is 3.18. The van der Waals surface area contributed by atoms with E-state index in [2.05, 4.69) is 5.32 Å². The minimum Gasteiger partial charge on any atom is -0.495 e. The van der Waals surface area contributed by atoms with Crippen molar-refractivity contribution < 1.29 is 14.6 Å². The summed E-state index contributed by atoms with van der Waals surface area (Å²) in [5.41, 5.74) is 3.26. The van der Waals surface area contributed by atoms with Crippen LogP contribution in [0.15, 0.2) is 42.5 Å². The van der Waals surface area contributed by atoms with Gasteiger partial charge in [0, 0.05) is 6.54 Å². The van der Waals surface area contributed by atoms with E-state index in [0.29, 0.717) is 18.0 Å². The Morgan fingerprint density at radius 3 is 2.65 bits per heavy atom. The zero-order valence-corrected chi connectivity index (χ0v) is 11.5. The summed E-state index contributed by atoms with van der Waals surface area (Å²) < 4.78 is 5.24. The van der Waals surface area contributed by atoms with Crippen LogP contribution in [0.5, 0.6) is 5.75 Å². The number of aryl methyl sites for hydroxylation is 1. The Morgan fingerprint density at radius 1 is 1.25 bits per heavy atom. The number of carboxylic acids is 1. The van der Waals surface area contributed by atoms with Gasteiger partial charge in [-0.15, -0.1) is 0 Å². The van der Waals surface area contributed by atoms with Crippen molar-refractivity contribution in [1.82, 2.24) is 0 Å². The molecule has 0 atom stereocenters. The lowest BCUT2D eigenvalue weighted by atomic mass is 10.1. The number of hydrogen-bond donors (Lipinski definition) is 2. The smallest absolute Gasteiger partial charge is 0.335 e. The van der Waals surface area contributed by atoms with E-state index >= 15 is 0 Å². The normalized spacial score (nSPS) is 10.1. The highest BCUT2D eigenvalue weighted by Crippen LogP contribution is 2.26. The molecule has 0 saturated heterocycles. The molecule has 0 heterocycles. The molecule has 0 aliphatic heterocycles. The summed E-state index contributed by atoms with van der Waals surface area (Å²) in [6.45, 7) is 2.66. The predicted octanol–water partition coefficient (Wildman–Crippen LogP) is 3.31. The first-order chi connectivity index (χ1) is 9.61. The summed E-state index contributed by atoms with van der Waals surface area (Å²) in [5.74, 6) is -0.324. The van der Waals surface area contributed by atoms with Gasteiger partial charge in [0.05, 0.1) is 18.4 Å². The fourth-order valence-corrected chi connectivity index (χ4v) is 1.98. The molecule has 4 nitrogen and oxygen atoms in total. The third kappa shape index (κ3) is 3.09. The van der Waals surface area contributed by atoms with Gasteiger partial charge in [-0.2, -0.15) is 0 Å². The van der Waals surface area contributed by atoms with E-state index in [9.17, 15) is 4.79 Å². The van der Waals surface area contributed by atoms with Crippen LogP contribution in [0, 0.1) is 6.92 Å². The van der Waals surface area contributed by atoms with Crippen LogP contribution in [0.2, 0.25) is 0 Å². The van der Waals surface area contributed by atoms with E-state index < -0.39 is 5.97 Å². The molecule has 0 unspecified atom stereocenters. The number of rotatable bonds is 5. The number of benzene rings is 2. The van der Waals surface area contributed by atoms with Crippen LogP contribution in [-0.4, -0.2) is 18.2 Å². The van der Waals surface area contributed by atoms with Crippen molar-refractivity contribution in [3.8, 4) is 5.75 Å². The fraction of sp³-hybridized carbons (Fsp3) is 0.188. The lowest BCUT2D eigenvalue weighted by Crippen LogP contribution is -2.05. The molecule has 0 radical (unpaired) electrons. The van der Waals surface area contributed by atoms with Gasteiger partial charge in [0.15, 0.2) is 0 Å². The molecule has 0 aliphatic rings. The Labute approximate surface area is 118 Å². The van der Waals surface area contributed by atoms with Crippen molar-refractivity contribution >= 4 is 11.7 Å². The average Bonchev–Trinajstić information content (AvgIpc) is 2.46. The van der Waals surface area contributed by atoms with E-state index in [1.54, 1.807) is 19.2 Å². The van der Waals surface area contributed by atoms with Crippen LogP contribution in [0.25, 0.3) is 0 Å². The number of ether oxygens (including phenoxy) is 1. The monoisotopic (exact) mass is 271 g/mol. The topological polar surface area (TPSA) is 58.6 Å². The predicted molar refractivity (Wildman–Crippen MR) is 78.5 cm³/mol. The van der Waals surface area contributed by atoms with Crippen LogP contribution >= 0.6 is 0 Å². The SMILES string of the molecule is COc1ccc(C(=O)O)cc1NCc1ccccc1C. The van der Waals surface area contributed by atoms with E-state index in [-0.39, 0.29) is 5.56 Å². The zero-order chi connectivity index (χ0) is 14.5. The first-order valence-corrected chi connectivity index (χ1v) is 6.31. The van der Waals surface area contributed by atoms with Gasteiger partial charge in [0.2, 0.25) is 0 Å². The highest BCUT2D eigenvalue weighted by molar-refractivity contribution is 5.89. The van der Waals surface area contributed by atoms with E-state index in [0.717, 1.165) is 5.56 Å². The average molecular weight is 271 g/mol. The van der Waals surface area contributed by atoms with Crippen molar-refractivity contribution in [1.29, 1.82) is 0 Å². The van der Waals surface area contributed by atoms with Crippen molar-refractivity contribution in [3.63, 3.8) is 0 Å². The highest BCUT2D eigenvalue weighted by atomic mass is 16.5. The van der Waals surface area contributed by atoms with Gasteiger partial charge in [-0.3, -0.25) is 0 Å². The number of hydrogen-bond acceptors (Lipinski definition) is 3. The number of carboxylic acid groups (broad SMARTS) is 1. The molecule has 0 aliphatic carbocycles. The van der Waals surface area contributed by atoms with Gasteiger partial charge in [0.1, 0.15) is 5.75 Å². The van der Waals surface area contributed by atoms with Crippen molar-refractivity contribution in [3.05, 3.63) is 59.2 Å². The molecule has 2 rings (SSSR count). The first kappa shape index (κ1) is 13.9. The molecule has 20 heavy (non-hydrogen) atoms. The maximum Gasteiger partial charge on any atom is 0.335 e. The molecular formula is C16H17NO3. The number of carbonyl (C=O) groups is 1.